The second kappa shape index (κ2) is 7.22. The fraction of sp³-hybridized carbons (Fsp3) is 0.360. The molecule has 3 aromatic rings. The molecule has 2 amide bonds. The predicted molar refractivity (Wildman–Crippen MR) is 115 cm³/mol. The Bertz CT molecular complexity index is 1200. The van der Waals surface area contributed by atoms with Crippen molar-refractivity contribution in [1.29, 1.82) is 0 Å². The van der Waals surface area contributed by atoms with Gasteiger partial charge in [-0.25, -0.2) is 4.39 Å². The fourth-order valence-electron chi connectivity index (χ4n) is 5.32. The first kappa shape index (κ1) is 19.8. The van der Waals surface area contributed by atoms with Gasteiger partial charge in [0, 0.05) is 23.9 Å². The minimum Gasteiger partial charge on any atom is -0.451 e. The van der Waals surface area contributed by atoms with E-state index in [-0.39, 0.29) is 17.6 Å². The maximum absolute atomic E-state index is 14.2. The van der Waals surface area contributed by atoms with Gasteiger partial charge in [-0.1, -0.05) is 23.8 Å². The number of carbonyl (C=O) groups is 2. The molecule has 1 spiro atoms. The summed E-state index contributed by atoms with van der Waals surface area (Å²) in [6.45, 7) is 4.42. The number of benzene rings is 2. The standard InChI is InChI=1S/C25H25FN2O3/c1-15-7-8-20-19(13-15)16(2)22(31-20)24(30)28-12-4-10-25(11-9-21(29)27-25)23(28)17-5-3-6-18(26)14-17/h3,5-8,13-14,23H,4,9-12H2,1-2H3,(H,27,29)/t23-,25+/m1/s1. The first-order valence-corrected chi connectivity index (χ1v) is 10.8. The van der Waals surface area contributed by atoms with E-state index in [1.807, 2.05) is 38.1 Å². The van der Waals surface area contributed by atoms with Crippen molar-refractivity contribution in [2.75, 3.05) is 6.54 Å². The molecule has 2 aliphatic heterocycles. The molecule has 2 aliphatic rings. The SMILES string of the molecule is Cc1ccc2oc(C(=O)N3CCC[C@]4(CCC(=O)N4)[C@H]3c3cccc(F)c3)c(C)c2c1. The van der Waals surface area contributed by atoms with E-state index >= 15 is 0 Å². The Balaban J connectivity index is 1.62. The molecule has 1 N–H and O–H groups in total. The third-order valence-electron chi connectivity index (χ3n) is 6.75. The Hall–Kier alpha value is -3.15. The summed E-state index contributed by atoms with van der Waals surface area (Å²) in [6, 6.07) is 11.8. The zero-order valence-corrected chi connectivity index (χ0v) is 17.7. The van der Waals surface area contributed by atoms with Crippen LogP contribution in [0.5, 0.6) is 0 Å². The van der Waals surface area contributed by atoms with Crippen molar-refractivity contribution in [2.24, 2.45) is 0 Å². The number of amides is 2. The number of carbonyl (C=O) groups excluding carboxylic acids is 2. The number of furan rings is 1. The van der Waals surface area contributed by atoms with Crippen molar-refractivity contribution in [1.82, 2.24) is 10.2 Å². The van der Waals surface area contributed by atoms with E-state index < -0.39 is 11.6 Å². The van der Waals surface area contributed by atoms with Gasteiger partial charge >= 0.3 is 0 Å². The minimum atomic E-state index is -0.588. The molecule has 2 aromatic carbocycles. The number of nitrogens with zero attached hydrogens (tertiary/aromatic N) is 1. The van der Waals surface area contributed by atoms with Crippen LogP contribution >= 0.6 is 0 Å². The minimum absolute atomic E-state index is 0.0221. The molecule has 3 heterocycles. The van der Waals surface area contributed by atoms with Crippen LogP contribution in [0.2, 0.25) is 0 Å². The Kier molecular flexibility index (Phi) is 4.61. The maximum Gasteiger partial charge on any atom is 0.290 e. The number of nitrogens with one attached hydrogen (secondary N) is 1. The number of likely N-dealkylation sites (tertiary alicyclic amines) is 1. The summed E-state index contributed by atoms with van der Waals surface area (Å²) >= 11 is 0. The Morgan fingerprint density at radius 1 is 1.19 bits per heavy atom. The van der Waals surface area contributed by atoms with Crippen molar-refractivity contribution in [2.45, 2.75) is 51.1 Å². The number of hydrogen-bond donors (Lipinski definition) is 1. The van der Waals surface area contributed by atoms with Crippen LogP contribution in [0.4, 0.5) is 4.39 Å². The summed E-state index contributed by atoms with van der Waals surface area (Å²) in [5, 5.41) is 4.06. The van der Waals surface area contributed by atoms with Crippen molar-refractivity contribution in [3.8, 4) is 0 Å². The highest BCUT2D eigenvalue weighted by Crippen LogP contribution is 2.45. The highest BCUT2D eigenvalue weighted by molar-refractivity contribution is 5.99. The van der Waals surface area contributed by atoms with Crippen LogP contribution in [-0.4, -0.2) is 28.8 Å². The molecular weight excluding hydrogens is 395 g/mol. The van der Waals surface area contributed by atoms with Crippen LogP contribution in [0, 0.1) is 19.7 Å². The van der Waals surface area contributed by atoms with Crippen LogP contribution in [0.1, 0.15) is 59.0 Å². The fourth-order valence-corrected chi connectivity index (χ4v) is 5.32. The molecule has 160 valence electrons. The normalized spacial score (nSPS) is 23.5. The second-order valence-corrected chi connectivity index (χ2v) is 8.82. The second-order valence-electron chi connectivity index (χ2n) is 8.82. The Labute approximate surface area is 180 Å². The third-order valence-corrected chi connectivity index (χ3v) is 6.75. The van der Waals surface area contributed by atoms with Crippen molar-refractivity contribution in [3.05, 3.63) is 70.7 Å². The van der Waals surface area contributed by atoms with Gasteiger partial charge in [-0.05, 0) is 62.9 Å². The smallest absolute Gasteiger partial charge is 0.290 e. The van der Waals surface area contributed by atoms with E-state index in [2.05, 4.69) is 5.32 Å². The van der Waals surface area contributed by atoms with Gasteiger partial charge in [-0.2, -0.15) is 0 Å². The van der Waals surface area contributed by atoms with E-state index in [0.29, 0.717) is 36.3 Å². The molecule has 31 heavy (non-hydrogen) atoms. The lowest BCUT2D eigenvalue weighted by Gasteiger charge is -2.48. The summed E-state index contributed by atoms with van der Waals surface area (Å²) in [4.78, 5) is 27.8. The highest BCUT2D eigenvalue weighted by atomic mass is 19.1. The van der Waals surface area contributed by atoms with Gasteiger partial charge in [0.25, 0.3) is 5.91 Å². The zero-order chi connectivity index (χ0) is 21.8. The van der Waals surface area contributed by atoms with Crippen LogP contribution < -0.4 is 5.32 Å². The molecule has 6 heteroatoms. The molecule has 0 saturated carbocycles. The summed E-state index contributed by atoms with van der Waals surface area (Å²) in [5.41, 5.74) is 2.68. The first-order chi connectivity index (χ1) is 14.9. The molecule has 2 atom stereocenters. The first-order valence-electron chi connectivity index (χ1n) is 10.8. The molecule has 2 saturated heterocycles. The van der Waals surface area contributed by atoms with E-state index in [1.54, 1.807) is 11.0 Å². The number of fused-ring (bicyclic) bond motifs is 1. The van der Waals surface area contributed by atoms with Gasteiger partial charge in [-0.15, -0.1) is 0 Å². The molecule has 0 bridgehead atoms. The predicted octanol–water partition coefficient (Wildman–Crippen LogP) is 4.81. The van der Waals surface area contributed by atoms with Gasteiger partial charge in [0.2, 0.25) is 5.91 Å². The number of hydrogen-bond acceptors (Lipinski definition) is 3. The van der Waals surface area contributed by atoms with E-state index in [4.69, 9.17) is 4.42 Å². The summed E-state index contributed by atoms with van der Waals surface area (Å²) in [5.74, 6) is -0.291. The van der Waals surface area contributed by atoms with Crippen LogP contribution in [0.3, 0.4) is 0 Å². The van der Waals surface area contributed by atoms with Crippen molar-refractivity contribution in [3.63, 3.8) is 0 Å². The van der Waals surface area contributed by atoms with E-state index in [1.165, 1.54) is 12.1 Å². The van der Waals surface area contributed by atoms with E-state index in [0.717, 1.165) is 29.4 Å². The number of halogens is 1. The third kappa shape index (κ3) is 3.21. The molecule has 0 unspecified atom stereocenters. The van der Waals surface area contributed by atoms with Gasteiger partial charge < -0.3 is 14.6 Å². The van der Waals surface area contributed by atoms with Crippen molar-refractivity contribution >= 4 is 22.8 Å². The largest absolute Gasteiger partial charge is 0.451 e. The quantitative estimate of drug-likeness (QED) is 0.647. The van der Waals surface area contributed by atoms with E-state index in [9.17, 15) is 14.0 Å². The van der Waals surface area contributed by atoms with Crippen LogP contribution in [0.25, 0.3) is 11.0 Å². The average Bonchev–Trinajstić information content (AvgIpc) is 3.27. The number of piperidine rings is 1. The monoisotopic (exact) mass is 420 g/mol. The Morgan fingerprint density at radius 3 is 2.77 bits per heavy atom. The summed E-state index contributed by atoms with van der Waals surface area (Å²) in [7, 11) is 0. The van der Waals surface area contributed by atoms with Crippen molar-refractivity contribution < 1.29 is 18.4 Å². The number of aryl methyl sites for hydroxylation is 2. The molecule has 5 rings (SSSR count). The molecule has 1 aromatic heterocycles. The topological polar surface area (TPSA) is 62.6 Å². The van der Waals surface area contributed by atoms with Gasteiger partial charge in [0.05, 0.1) is 11.6 Å². The zero-order valence-electron chi connectivity index (χ0n) is 17.7. The highest BCUT2D eigenvalue weighted by Gasteiger charge is 2.51. The van der Waals surface area contributed by atoms with Crippen LogP contribution in [-0.2, 0) is 4.79 Å². The summed E-state index contributed by atoms with van der Waals surface area (Å²) in [6.07, 6.45) is 2.55. The maximum atomic E-state index is 14.2. The van der Waals surface area contributed by atoms with Gasteiger partial charge in [0.1, 0.15) is 11.4 Å². The number of rotatable bonds is 2. The molecule has 0 radical (unpaired) electrons. The molecule has 5 nitrogen and oxygen atoms in total. The average molecular weight is 420 g/mol. The van der Waals surface area contributed by atoms with Gasteiger partial charge in [0.15, 0.2) is 5.76 Å². The Morgan fingerprint density at radius 2 is 2.03 bits per heavy atom. The lowest BCUT2D eigenvalue weighted by molar-refractivity contribution is -0.120. The lowest BCUT2D eigenvalue weighted by Crippen LogP contribution is -2.58. The molecular formula is C25H25FN2O3. The molecule has 2 fully saturated rings. The summed E-state index contributed by atoms with van der Waals surface area (Å²) < 4.78 is 20.2. The van der Waals surface area contributed by atoms with Crippen LogP contribution in [0.15, 0.2) is 46.9 Å². The molecule has 0 aliphatic carbocycles. The van der Waals surface area contributed by atoms with Gasteiger partial charge in [-0.3, -0.25) is 9.59 Å². The lowest BCUT2D eigenvalue weighted by atomic mass is 9.76.